The lowest BCUT2D eigenvalue weighted by molar-refractivity contribution is 0.143. The Hall–Kier alpha value is -1.36. The largest absolute Gasteiger partial charge is 0.448 e. The lowest BCUT2D eigenvalue weighted by atomic mass is 10.1. The van der Waals surface area contributed by atoms with Crippen LogP contribution in [-0.4, -0.2) is 29.0 Å². The second kappa shape index (κ2) is 4.44. The van der Waals surface area contributed by atoms with Crippen LogP contribution in [0.1, 0.15) is 24.6 Å². The first kappa shape index (κ1) is 10.2. The van der Waals surface area contributed by atoms with Gasteiger partial charge in [0.25, 0.3) is 0 Å². The van der Waals surface area contributed by atoms with E-state index < -0.39 is 0 Å². The summed E-state index contributed by atoms with van der Waals surface area (Å²) in [5, 5.41) is 7.28. The van der Waals surface area contributed by atoms with Crippen molar-refractivity contribution in [3.63, 3.8) is 0 Å². The Morgan fingerprint density at radius 2 is 2.60 bits per heavy atom. The molecule has 15 heavy (non-hydrogen) atoms. The molecule has 0 radical (unpaired) electrons. The van der Waals surface area contributed by atoms with Crippen LogP contribution in [0.3, 0.4) is 0 Å². The van der Waals surface area contributed by atoms with Crippen molar-refractivity contribution in [2.24, 2.45) is 0 Å². The Kier molecular flexibility index (Phi) is 3.01. The van der Waals surface area contributed by atoms with Gasteiger partial charge in [-0.1, -0.05) is 6.92 Å². The highest BCUT2D eigenvalue weighted by atomic mass is 16.6. The quantitative estimate of drug-likeness (QED) is 0.787. The molecule has 0 saturated carbocycles. The highest BCUT2D eigenvalue weighted by Crippen LogP contribution is 2.13. The zero-order valence-corrected chi connectivity index (χ0v) is 8.82. The highest BCUT2D eigenvalue weighted by molar-refractivity contribution is 5.70. The molecule has 5 nitrogen and oxygen atoms in total. The van der Waals surface area contributed by atoms with Gasteiger partial charge in [0.15, 0.2) is 0 Å². The van der Waals surface area contributed by atoms with E-state index in [-0.39, 0.29) is 6.09 Å². The van der Waals surface area contributed by atoms with Crippen LogP contribution in [0.4, 0.5) is 4.79 Å². The molecule has 2 rings (SSSR count). The molecule has 1 aliphatic rings. The van der Waals surface area contributed by atoms with E-state index in [9.17, 15) is 4.79 Å². The average Bonchev–Trinajstić information content (AvgIpc) is 2.69. The smallest absolute Gasteiger partial charge is 0.434 e. The third kappa shape index (κ3) is 2.02. The summed E-state index contributed by atoms with van der Waals surface area (Å²) < 4.78 is 6.42. The molecule has 0 spiro atoms. The topological polar surface area (TPSA) is 56.2 Å². The number of nitrogens with one attached hydrogen (secondary N) is 1. The van der Waals surface area contributed by atoms with Gasteiger partial charge in [0.2, 0.25) is 0 Å². The minimum absolute atomic E-state index is 0.361. The van der Waals surface area contributed by atoms with E-state index in [2.05, 4.69) is 10.4 Å². The van der Waals surface area contributed by atoms with Crippen LogP contribution in [0.25, 0.3) is 0 Å². The fraction of sp³-hybridized carbons (Fsp3) is 0.600. The molecule has 0 fully saturated rings. The number of hydrogen-bond acceptors (Lipinski definition) is 4. The molecule has 82 valence electrons. The van der Waals surface area contributed by atoms with E-state index in [1.807, 2.05) is 6.92 Å². The van der Waals surface area contributed by atoms with Crippen molar-refractivity contribution in [2.75, 3.05) is 13.2 Å². The monoisotopic (exact) mass is 209 g/mol. The van der Waals surface area contributed by atoms with Gasteiger partial charge in [-0.05, 0) is 6.42 Å². The Morgan fingerprint density at radius 3 is 3.40 bits per heavy atom. The zero-order valence-electron chi connectivity index (χ0n) is 8.82. The van der Waals surface area contributed by atoms with Crippen molar-refractivity contribution < 1.29 is 9.53 Å². The maximum atomic E-state index is 11.6. The maximum Gasteiger partial charge on any atom is 0.434 e. The SMILES string of the molecule is CCCOC(=O)n1ncc2c1CCNC2. The Bertz CT molecular complexity index is 360. The second-order valence-electron chi connectivity index (χ2n) is 3.57. The van der Waals surface area contributed by atoms with Crippen LogP contribution >= 0.6 is 0 Å². The Labute approximate surface area is 88.4 Å². The predicted molar refractivity (Wildman–Crippen MR) is 54.7 cm³/mol. The minimum atomic E-state index is -0.361. The van der Waals surface area contributed by atoms with Crippen LogP contribution in [0, 0.1) is 0 Å². The number of hydrogen-bond donors (Lipinski definition) is 1. The summed E-state index contributed by atoms with van der Waals surface area (Å²) in [5.41, 5.74) is 2.07. The molecule has 5 heteroatoms. The predicted octanol–water partition coefficient (Wildman–Crippen LogP) is 0.923. The molecule has 0 saturated heterocycles. The van der Waals surface area contributed by atoms with Gasteiger partial charge in [0.1, 0.15) is 0 Å². The number of ether oxygens (including phenoxy) is 1. The molecule has 0 atom stereocenters. The standard InChI is InChI=1S/C10H15N3O2/c1-2-5-15-10(14)13-9-3-4-11-6-8(9)7-12-13/h7,11H,2-6H2,1H3. The first-order valence-electron chi connectivity index (χ1n) is 5.26. The van der Waals surface area contributed by atoms with Crippen LogP contribution in [-0.2, 0) is 17.7 Å². The molecule has 0 unspecified atom stereocenters. The third-order valence-corrected chi connectivity index (χ3v) is 2.41. The lowest BCUT2D eigenvalue weighted by Gasteiger charge is -2.14. The van der Waals surface area contributed by atoms with Gasteiger partial charge in [0, 0.05) is 25.1 Å². The fourth-order valence-electron chi connectivity index (χ4n) is 1.66. The second-order valence-corrected chi connectivity index (χ2v) is 3.57. The summed E-state index contributed by atoms with van der Waals surface area (Å²) in [7, 11) is 0. The summed E-state index contributed by atoms with van der Waals surface area (Å²) in [4.78, 5) is 11.6. The van der Waals surface area contributed by atoms with E-state index in [4.69, 9.17) is 4.74 Å². The summed E-state index contributed by atoms with van der Waals surface area (Å²) in [5.74, 6) is 0. The highest BCUT2D eigenvalue weighted by Gasteiger charge is 2.19. The number of aromatic nitrogens is 2. The third-order valence-electron chi connectivity index (χ3n) is 2.41. The van der Waals surface area contributed by atoms with Gasteiger partial charge in [-0.3, -0.25) is 0 Å². The van der Waals surface area contributed by atoms with Crippen molar-refractivity contribution in [2.45, 2.75) is 26.3 Å². The fourth-order valence-corrected chi connectivity index (χ4v) is 1.66. The average molecular weight is 209 g/mol. The van der Waals surface area contributed by atoms with Crippen molar-refractivity contribution in [1.29, 1.82) is 0 Å². The Balaban J connectivity index is 2.14. The molecule has 2 heterocycles. The van der Waals surface area contributed by atoms with Gasteiger partial charge in [-0.25, -0.2) is 4.79 Å². The van der Waals surface area contributed by atoms with Gasteiger partial charge >= 0.3 is 6.09 Å². The molecule has 0 bridgehead atoms. The normalized spacial score (nSPS) is 14.7. The molecule has 0 aromatic carbocycles. The molecule has 1 aliphatic heterocycles. The van der Waals surface area contributed by atoms with E-state index in [0.29, 0.717) is 6.61 Å². The van der Waals surface area contributed by atoms with Gasteiger partial charge in [-0.2, -0.15) is 9.78 Å². The number of nitrogens with zero attached hydrogens (tertiary/aromatic N) is 2. The summed E-state index contributed by atoms with van der Waals surface area (Å²) in [6, 6.07) is 0. The van der Waals surface area contributed by atoms with Crippen LogP contribution in [0.15, 0.2) is 6.20 Å². The molecule has 1 aromatic rings. The van der Waals surface area contributed by atoms with E-state index in [1.165, 1.54) is 4.68 Å². The number of carbonyl (C=O) groups is 1. The van der Waals surface area contributed by atoms with Crippen LogP contribution in [0.5, 0.6) is 0 Å². The van der Waals surface area contributed by atoms with Crippen LogP contribution in [0.2, 0.25) is 0 Å². The minimum Gasteiger partial charge on any atom is -0.448 e. The number of carbonyl (C=O) groups excluding carboxylic acids is 1. The van der Waals surface area contributed by atoms with E-state index in [1.54, 1.807) is 6.20 Å². The molecule has 0 aliphatic carbocycles. The van der Waals surface area contributed by atoms with Gasteiger partial charge < -0.3 is 10.1 Å². The number of fused-ring (bicyclic) bond motifs is 1. The summed E-state index contributed by atoms with van der Waals surface area (Å²) >= 11 is 0. The first-order chi connectivity index (χ1) is 7.33. The van der Waals surface area contributed by atoms with Crippen molar-refractivity contribution >= 4 is 6.09 Å². The lowest BCUT2D eigenvalue weighted by Crippen LogP contribution is -2.27. The molecular formula is C10H15N3O2. The molecular weight excluding hydrogens is 194 g/mol. The molecule has 0 amide bonds. The van der Waals surface area contributed by atoms with Crippen molar-refractivity contribution in [3.8, 4) is 0 Å². The van der Waals surface area contributed by atoms with Crippen LogP contribution < -0.4 is 5.32 Å². The summed E-state index contributed by atoms with van der Waals surface area (Å²) in [6.45, 7) is 4.09. The maximum absolute atomic E-state index is 11.6. The molecule has 1 N–H and O–H groups in total. The summed E-state index contributed by atoms with van der Waals surface area (Å²) in [6.07, 6.45) is 3.03. The van der Waals surface area contributed by atoms with Gasteiger partial charge in [-0.15, -0.1) is 0 Å². The van der Waals surface area contributed by atoms with Crippen molar-refractivity contribution in [3.05, 3.63) is 17.5 Å². The zero-order chi connectivity index (χ0) is 10.7. The van der Waals surface area contributed by atoms with E-state index >= 15 is 0 Å². The first-order valence-corrected chi connectivity index (χ1v) is 5.26. The molecule has 1 aromatic heterocycles. The van der Waals surface area contributed by atoms with E-state index in [0.717, 1.165) is 37.2 Å². The van der Waals surface area contributed by atoms with Crippen molar-refractivity contribution in [1.82, 2.24) is 15.1 Å². The number of rotatable bonds is 2. The Morgan fingerprint density at radius 1 is 1.73 bits per heavy atom. The van der Waals surface area contributed by atoms with Gasteiger partial charge in [0.05, 0.1) is 18.5 Å².